The molecule has 7 atom stereocenters. The highest BCUT2D eigenvalue weighted by Gasteiger charge is 2.35. The van der Waals surface area contributed by atoms with Crippen LogP contribution in [0.2, 0.25) is 0 Å². The first-order chi connectivity index (χ1) is 49.1. The van der Waals surface area contributed by atoms with Crippen molar-refractivity contribution < 1.29 is 33.6 Å². The lowest BCUT2D eigenvalue weighted by Gasteiger charge is -2.28. The van der Waals surface area contributed by atoms with E-state index in [0.29, 0.717) is 12.8 Å². The topological polar surface area (TPSA) is 721 Å². The van der Waals surface area contributed by atoms with Crippen LogP contribution in [-0.2, 0) is 72.8 Å². The Morgan fingerprint density at radius 2 is 0.660 bits per heavy atom. The van der Waals surface area contributed by atoms with Crippen LogP contribution >= 0.6 is 0 Å². The molecule has 9 rings (SSSR count). The number of imidazole rings is 3. The molecule has 46 nitrogen and oxygen atoms in total. The van der Waals surface area contributed by atoms with E-state index in [4.69, 9.17) is 51.6 Å². The molecule has 7 amide bonds. The summed E-state index contributed by atoms with van der Waals surface area (Å²) < 4.78 is 7.26. The second kappa shape index (κ2) is 33.0. The number of hydrogen-bond donors (Lipinski definition) is 18. The van der Waals surface area contributed by atoms with Gasteiger partial charge in [-0.1, -0.05) is 0 Å². The summed E-state index contributed by atoms with van der Waals surface area (Å²) in [5.41, 5.74) is 47.7. The highest BCUT2D eigenvalue weighted by molar-refractivity contribution is 5.97. The molecule has 0 saturated heterocycles. The third-order valence-corrected chi connectivity index (χ3v) is 16.2. The zero-order chi connectivity index (χ0) is 74.3. The summed E-state index contributed by atoms with van der Waals surface area (Å²) in [5.74, 6) is -8.56. The third kappa shape index (κ3) is 18.9. The van der Waals surface area contributed by atoms with E-state index in [1.165, 1.54) is 69.5 Å². The molecule has 27 N–H and O–H groups in total. The smallest absolute Gasteiger partial charge is 0.349 e. The molecule has 0 unspecified atom stereocenters. The molecule has 103 heavy (non-hydrogen) atoms. The fraction of sp³-hybridized carbons (Fsp3) is 0.404. The average Bonchev–Trinajstić information content (AvgIpc) is 1.55. The lowest BCUT2D eigenvalue weighted by Crippen LogP contribution is -2.60. The van der Waals surface area contributed by atoms with Crippen molar-refractivity contribution in [1.82, 2.24) is 119 Å². The van der Waals surface area contributed by atoms with Crippen molar-refractivity contribution in [1.29, 1.82) is 0 Å². The highest BCUT2D eigenvalue weighted by Crippen LogP contribution is 2.15. The Labute approximate surface area is 576 Å². The summed E-state index contributed by atoms with van der Waals surface area (Å²) in [6.45, 7) is -1.43. The van der Waals surface area contributed by atoms with E-state index in [9.17, 15) is 43.2 Å². The van der Waals surface area contributed by atoms with Gasteiger partial charge in [-0.2, -0.15) is 29.9 Å². The van der Waals surface area contributed by atoms with Gasteiger partial charge in [-0.15, -0.1) is 0 Å². The Bertz CT molecular complexity index is 5030. The molecule has 546 valence electrons. The maximum atomic E-state index is 15.3. The summed E-state index contributed by atoms with van der Waals surface area (Å²) in [5, 5.41) is 15.6. The number of fused-ring (bicyclic) bond motifs is 3. The van der Waals surface area contributed by atoms with Gasteiger partial charge in [-0.3, -0.25) is 76.6 Å². The molecule has 0 fully saturated rings. The van der Waals surface area contributed by atoms with Crippen molar-refractivity contribution in [3.8, 4) is 0 Å². The van der Waals surface area contributed by atoms with E-state index in [1.54, 1.807) is 0 Å². The molecule has 0 saturated carbocycles. The SMILES string of the molecule is NCCCC[C@H](NC(=O)[C@H](CCn1ccc(N)nc1=O)NC(=O)[C@H](CCn1ccc(N)nc1=O)NC(=O)[C@H](CCn1cnc2c(=O)[nH]c(N)nc21)NC(=O)[C@H](CCn1ccc(N)nc1=O)NC(=O)[C@H](CCn1cnc2c(=O)[nH]c(N)nc21)NC(=O)[C@@H](N)CCn1cnc2c(=O)[nH]c(N)nc21)C(N)=O. The van der Waals surface area contributed by atoms with E-state index in [2.05, 4.69) is 91.7 Å². The van der Waals surface area contributed by atoms with E-state index in [-0.39, 0.29) is 134 Å². The fourth-order valence-corrected chi connectivity index (χ4v) is 10.8. The number of nitrogens with one attached hydrogen (secondary N) is 9. The van der Waals surface area contributed by atoms with Crippen molar-refractivity contribution in [2.75, 3.05) is 40.9 Å². The van der Waals surface area contributed by atoms with Crippen molar-refractivity contribution in [3.63, 3.8) is 0 Å². The third-order valence-electron chi connectivity index (χ3n) is 16.2. The van der Waals surface area contributed by atoms with Gasteiger partial charge in [0.1, 0.15) is 53.7 Å². The van der Waals surface area contributed by atoms with E-state index in [0.717, 1.165) is 13.7 Å². The standard InChI is InChI=1S/C57H75N33O13/c58-13-2-1-3-27(39(63)91)70-44(93)29(5-15-85-20-10-33(60)76-55(85)101)72-46(95)31(7-17-87-22-12-35(62)78-57(87)103)74-48(97)32(9-19-90-25-69-38-42(90)81-54(66)84-51(38)100)75-47(96)30(6-16-86-21-11-34(61)77-56(86)102)73-45(94)28(8-18-89-24-68-37-41(89)80-53(65)83-50(37)99)71-43(92)26(59)4-14-88-23-67-36-40(88)79-52(64)82-49(36)98/h10-12,20-32H,1-9,13-19,58-59H2,(H2,63,91)(H,70,93)(H,71,92)(H,72,95)(H,73,94)(H,74,97)(H,75,96)(H2,60,76,101)(H2,61,77,102)(H2,62,78,103)(H3,64,79,82,98)(H3,65,80,83,99)(H3,66,81,84,100)/t26-,27-,28-,29-,30-,31-,32-/m0/s1. The van der Waals surface area contributed by atoms with Gasteiger partial charge in [0.2, 0.25) is 59.2 Å². The number of H-pyrrole nitrogens is 3. The second-order valence-corrected chi connectivity index (χ2v) is 23.6. The van der Waals surface area contributed by atoms with Crippen molar-refractivity contribution in [3.05, 3.63) is 118 Å². The molecule has 0 aliphatic rings. The number of nitrogens with zero attached hydrogens (tertiary/aromatic N) is 15. The Kier molecular flexibility index (Phi) is 23.7. The summed E-state index contributed by atoms with van der Waals surface area (Å²) in [4.78, 5) is 223. The van der Waals surface area contributed by atoms with Crippen LogP contribution in [0.25, 0.3) is 33.5 Å². The number of amides is 7. The van der Waals surface area contributed by atoms with Crippen molar-refractivity contribution >= 4 is 110 Å². The van der Waals surface area contributed by atoms with Crippen LogP contribution in [0.3, 0.4) is 0 Å². The molecule has 0 spiro atoms. The number of aryl methyl sites for hydroxylation is 6. The van der Waals surface area contributed by atoms with Crippen molar-refractivity contribution in [2.45, 2.75) is 139 Å². The van der Waals surface area contributed by atoms with Gasteiger partial charge in [0.15, 0.2) is 33.5 Å². The van der Waals surface area contributed by atoms with Crippen LogP contribution in [0.4, 0.5) is 35.3 Å². The monoisotopic (exact) mass is 1430 g/mol. The molecule has 0 aromatic carbocycles. The van der Waals surface area contributed by atoms with E-state index in [1.807, 2.05) is 0 Å². The number of carbonyl (C=O) groups excluding carboxylic acids is 7. The molecule has 0 aliphatic heterocycles. The lowest BCUT2D eigenvalue weighted by molar-refractivity contribution is -0.136. The maximum absolute atomic E-state index is 15.3. The van der Waals surface area contributed by atoms with Gasteiger partial charge in [0.05, 0.1) is 25.0 Å². The summed E-state index contributed by atoms with van der Waals surface area (Å²) >= 11 is 0. The highest BCUT2D eigenvalue weighted by atomic mass is 16.2. The quantitative estimate of drug-likeness (QED) is 0.0164. The molecule has 0 aliphatic carbocycles. The summed E-state index contributed by atoms with van der Waals surface area (Å²) in [7, 11) is 0. The van der Waals surface area contributed by atoms with Gasteiger partial charge in [-0.25, -0.2) is 29.3 Å². The number of nitrogen functional groups attached to an aromatic ring is 6. The molecular formula is C57H75N33O13. The Hall–Kier alpha value is -13.3. The van der Waals surface area contributed by atoms with Crippen LogP contribution < -0.4 is 117 Å². The number of anilines is 6. The first-order valence-electron chi connectivity index (χ1n) is 31.8. The minimum atomic E-state index is -1.82. The zero-order valence-electron chi connectivity index (χ0n) is 54.8. The molecule has 0 radical (unpaired) electrons. The van der Waals surface area contributed by atoms with Crippen LogP contribution in [0.5, 0.6) is 0 Å². The minimum Gasteiger partial charge on any atom is -0.383 e. The molecule has 9 heterocycles. The number of rotatable bonds is 35. The Balaban J connectivity index is 1.05. The number of hydrogen-bond acceptors (Lipinski definition) is 30. The Morgan fingerprint density at radius 3 is 0.951 bits per heavy atom. The van der Waals surface area contributed by atoms with Crippen LogP contribution in [-0.4, -0.2) is 177 Å². The maximum Gasteiger partial charge on any atom is 0.349 e. The first kappa shape index (κ1) is 73.9. The summed E-state index contributed by atoms with van der Waals surface area (Å²) in [6.07, 6.45) is 5.97. The largest absolute Gasteiger partial charge is 0.383 e. The van der Waals surface area contributed by atoms with E-state index >= 15 is 19.2 Å². The number of aromatic nitrogens is 18. The van der Waals surface area contributed by atoms with Gasteiger partial charge in [0, 0.05) is 57.9 Å². The lowest BCUT2D eigenvalue weighted by atomic mass is 10.1. The second-order valence-electron chi connectivity index (χ2n) is 23.6. The van der Waals surface area contributed by atoms with Crippen molar-refractivity contribution in [2.24, 2.45) is 17.2 Å². The molecular weight excluding hydrogens is 1350 g/mol. The Morgan fingerprint density at radius 1 is 0.379 bits per heavy atom. The fourth-order valence-electron chi connectivity index (χ4n) is 10.8. The summed E-state index contributed by atoms with van der Waals surface area (Å²) in [6, 6.07) is -7.50. The van der Waals surface area contributed by atoms with E-state index < -0.39 is 143 Å². The van der Waals surface area contributed by atoms with Crippen LogP contribution in [0.15, 0.2) is 84.5 Å². The predicted molar refractivity (Wildman–Crippen MR) is 366 cm³/mol. The zero-order valence-corrected chi connectivity index (χ0v) is 54.8. The minimum absolute atomic E-state index is 0.0163. The van der Waals surface area contributed by atoms with Gasteiger partial charge in [0.25, 0.3) is 16.7 Å². The number of carbonyl (C=O) groups is 7. The molecule has 9 aromatic heterocycles. The molecule has 9 aromatic rings. The van der Waals surface area contributed by atoms with Crippen LogP contribution in [0.1, 0.15) is 57.8 Å². The van der Waals surface area contributed by atoms with Gasteiger partial charge < -0.3 is 97.2 Å². The number of nitrogens with two attached hydrogens (primary N) is 9. The first-order valence-corrected chi connectivity index (χ1v) is 31.8. The number of primary amides is 1. The molecule has 46 heteroatoms. The average molecular weight is 1430 g/mol. The van der Waals surface area contributed by atoms with Gasteiger partial charge in [-0.05, 0) is 82.5 Å². The molecule has 0 bridgehead atoms. The normalized spacial score (nSPS) is 13.5. The predicted octanol–water partition coefficient (Wildman–Crippen LogP) is -9.16. The number of unbranched alkanes of at least 4 members (excludes halogenated alkanes) is 1. The van der Waals surface area contributed by atoms with Gasteiger partial charge >= 0.3 is 17.1 Å². The number of aromatic amines is 3. The van der Waals surface area contributed by atoms with Crippen LogP contribution in [0, 0.1) is 0 Å².